The van der Waals surface area contributed by atoms with E-state index < -0.39 is 0 Å². The Morgan fingerprint density at radius 3 is 2.70 bits per heavy atom. The normalized spacial score (nSPS) is 17.0. The number of amides is 1. The number of aromatic nitrogens is 2. The summed E-state index contributed by atoms with van der Waals surface area (Å²) >= 11 is 0. The zero-order valence-electron chi connectivity index (χ0n) is 14.4. The maximum atomic E-state index is 12.4. The van der Waals surface area contributed by atoms with Crippen LogP contribution in [0.15, 0.2) is 18.3 Å². The van der Waals surface area contributed by atoms with Gasteiger partial charge in [-0.25, -0.2) is 0 Å². The lowest BCUT2D eigenvalue weighted by Gasteiger charge is -2.15. The van der Waals surface area contributed by atoms with E-state index in [1.807, 2.05) is 20.0 Å². The van der Waals surface area contributed by atoms with Crippen molar-refractivity contribution in [3.05, 3.63) is 46.3 Å². The van der Waals surface area contributed by atoms with Gasteiger partial charge in [0.2, 0.25) is 5.91 Å². The van der Waals surface area contributed by atoms with Gasteiger partial charge in [-0.3, -0.25) is 9.48 Å². The molecule has 1 atom stereocenters. The minimum absolute atomic E-state index is 0.0204. The third-order valence-electron chi connectivity index (χ3n) is 4.61. The van der Waals surface area contributed by atoms with Gasteiger partial charge in [-0.05, 0) is 62.6 Å². The second-order valence-electron chi connectivity index (χ2n) is 6.97. The third kappa shape index (κ3) is 3.46. The summed E-state index contributed by atoms with van der Waals surface area (Å²) in [5, 5.41) is 7.63. The van der Waals surface area contributed by atoms with Gasteiger partial charge in [-0.15, -0.1) is 0 Å². The van der Waals surface area contributed by atoms with Crippen LogP contribution < -0.4 is 5.32 Å². The van der Waals surface area contributed by atoms with Crippen LogP contribution in [0.4, 0.5) is 5.69 Å². The predicted octanol–water partition coefficient (Wildman–Crippen LogP) is 3.57. The average molecular weight is 311 g/mol. The first-order valence-corrected chi connectivity index (χ1v) is 8.35. The summed E-state index contributed by atoms with van der Waals surface area (Å²) in [7, 11) is 0. The molecule has 1 aromatic carbocycles. The van der Waals surface area contributed by atoms with Crippen LogP contribution in [-0.4, -0.2) is 15.7 Å². The lowest BCUT2D eigenvalue weighted by molar-refractivity contribution is -0.116. The minimum Gasteiger partial charge on any atom is -0.324 e. The number of carbonyl (C=O) groups is 1. The summed E-state index contributed by atoms with van der Waals surface area (Å²) in [6.45, 7) is 8.68. The number of fused-ring (bicyclic) bond motifs is 1. The van der Waals surface area contributed by atoms with E-state index in [2.05, 4.69) is 36.4 Å². The molecule has 1 amide bonds. The molecule has 1 aromatic heterocycles. The molecule has 0 spiro atoms. The lowest BCUT2D eigenvalue weighted by Crippen LogP contribution is -2.20. The second-order valence-corrected chi connectivity index (χ2v) is 6.97. The highest BCUT2D eigenvalue weighted by atomic mass is 16.2. The number of carbonyl (C=O) groups excluding carboxylic acids is 1. The Balaban J connectivity index is 1.71. The molecule has 0 unspecified atom stereocenters. The van der Waals surface area contributed by atoms with Crippen molar-refractivity contribution in [2.45, 2.75) is 53.5 Å². The van der Waals surface area contributed by atoms with Crippen molar-refractivity contribution in [2.24, 2.45) is 5.92 Å². The number of aryl methyl sites for hydroxylation is 4. The summed E-state index contributed by atoms with van der Waals surface area (Å²) in [5.74, 6) is 0.694. The Bertz CT molecular complexity index is 722. The summed E-state index contributed by atoms with van der Waals surface area (Å²) in [4.78, 5) is 12.4. The van der Waals surface area contributed by atoms with E-state index in [0.29, 0.717) is 5.92 Å². The van der Waals surface area contributed by atoms with E-state index in [4.69, 9.17) is 0 Å². The van der Waals surface area contributed by atoms with Crippen LogP contribution in [0.2, 0.25) is 0 Å². The zero-order valence-corrected chi connectivity index (χ0v) is 14.4. The first-order valence-electron chi connectivity index (χ1n) is 8.35. The molecule has 2 aromatic rings. The average Bonchev–Trinajstić information content (AvgIpc) is 2.84. The lowest BCUT2D eigenvalue weighted by atomic mass is 9.89. The highest BCUT2D eigenvalue weighted by molar-refractivity contribution is 5.92. The summed E-state index contributed by atoms with van der Waals surface area (Å²) in [5.41, 5.74) is 6.81. The monoisotopic (exact) mass is 311 g/mol. The van der Waals surface area contributed by atoms with Gasteiger partial charge < -0.3 is 5.32 Å². The molecule has 4 heteroatoms. The largest absolute Gasteiger partial charge is 0.324 e. The molecule has 0 radical (unpaired) electrons. The van der Waals surface area contributed by atoms with Crippen LogP contribution in [0.5, 0.6) is 0 Å². The fourth-order valence-electron chi connectivity index (χ4n) is 3.53. The van der Waals surface area contributed by atoms with Crippen LogP contribution in [0, 0.1) is 26.7 Å². The van der Waals surface area contributed by atoms with Crippen molar-refractivity contribution in [3.63, 3.8) is 0 Å². The molecule has 1 aliphatic rings. The number of hydrogen-bond acceptors (Lipinski definition) is 2. The highest BCUT2D eigenvalue weighted by Crippen LogP contribution is 2.24. The molecule has 4 nitrogen and oxygen atoms in total. The molecular formula is C19H25N3O. The van der Waals surface area contributed by atoms with Crippen LogP contribution in [0.1, 0.15) is 41.3 Å². The zero-order chi connectivity index (χ0) is 16.6. The van der Waals surface area contributed by atoms with Crippen molar-refractivity contribution < 1.29 is 4.79 Å². The Kier molecular flexibility index (Phi) is 4.24. The van der Waals surface area contributed by atoms with Gasteiger partial charge in [0, 0.05) is 11.9 Å². The number of hydrogen-bond donors (Lipinski definition) is 1. The topological polar surface area (TPSA) is 46.9 Å². The van der Waals surface area contributed by atoms with Crippen LogP contribution >= 0.6 is 0 Å². The van der Waals surface area contributed by atoms with Crippen molar-refractivity contribution in [1.82, 2.24) is 9.78 Å². The number of nitrogens with zero attached hydrogens (tertiary/aromatic N) is 2. The fraction of sp³-hybridized carbons (Fsp3) is 0.474. The molecule has 0 fully saturated rings. The van der Waals surface area contributed by atoms with Crippen LogP contribution in [0.25, 0.3) is 0 Å². The molecule has 1 N–H and O–H groups in total. The Labute approximate surface area is 137 Å². The van der Waals surface area contributed by atoms with Crippen LogP contribution in [0.3, 0.4) is 0 Å². The van der Waals surface area contributed by atoms with Gasteiger partial charge >= 0.3 is 0 Å². The number of benzene rings is 1. The van der Waals surface area contributed by atoms with E-state index >= 15 is 0 Å². The molecule has 0 bridgehead atoms. The van der Waals surface area contributed by atoms with Gasteiger partial charge in [-0.2, -0.15) is 5.10 Å². The molecule has 0 saturated heterocycles. The molecule has 1 heterocycles. The number of rotatable bonds is 3. The minimum atomic E-state index is -0.0204. The van der Waals surface area contributed by atoms with Crippen molar-refractivity contribution >= 4 is 11.6 Å². The fourth-order valence-corrected chi connectivity index (χ4v) is 3.53. The SMILES string of the molecule is Cc1cc(C)c(NC(=O)Cn2cc3c(n2)CC[C@@H](C)C3)c(C)c1. The summed E-state index contributed by atoms with van der Waals surface area (Å²) in [6, 6.07) is 4.19. The van der Waals surface area contributed by atoms with Gasteiger partial charge in [-0.1, -0.05) is 24.6 Å². The molecule has 3 rings (SSSR count). The third-order valence-corrected chi connectivity index (χ3v) is 4.61. The van der Waals surface area contributed by atoms with Gasteiger partial charge in [0.05, 0.1) is 5.69 Å². The standard InChI is InChI=1S/C19H25N3O/c1-12-5-6-17-16(9-12)10-22(21-17)11-18(23)20-19-14(3)7-13(2)8-15(19)4/h7-8,10,12H,5-6,9,11H2,1-4H3,(H,20,23)/t12-/m1/s1. The van der Waals surface area contributed by atoms with Gasteiger partial charge in [0.25, 0.3) is 0 Å². The van der Waals surface area contributed by atoms with E-state index in [1.165, 1.54) is 23.2 Å². The first kappa shape index (κ1) is 15.8. The number of anilines is 1. The van der Waals surface area contributed by atoms with Crippen molar-refractivity contribution in [3.8, 4) is 0 Å². The van der Waals surface area contributed by atoms with E-state index in [-0.39, 0.29) is 12.5 Å². The van der Waals surface area contributed by atoms with Crippen molar-refractivity contribution in [2.75, 3.05) is 5.32 Å². The molecule has 0 aliphatic heterocycles. The molecule has 23 heavy (non-hydrogen) atoms. The first-order chi connectivity index (χ1) is 10.9. The van der Waals surface area contributed by atoms with Crippen molar-refractivity contribution in [1.29, 1.82) is 0 Å². The van der Waals surface area contributed by atoms with E-state index in [9.17, 15) is 4.79 Å². The molecular weight excluding hydrogens is 286 g/mol. The van der Waals surface area contributed by atoms with E-state index in [0.717, 1.165) is 29.7 Å². The quantitative estimate of drug-likeness (QED) is 0.942. The maximum absolute atomic E-state index is 12.4. The van der Waals surface area contributed by atoms with E-state index in [1.54, 1.807) is 4.68 Å². The van der Waals surface area contributed by atoms with Gasteiger partial charge in [0.15, 0.2) is 0 Å². The van der Waals surface area contributed by atoms with Crippen LogP contribution in [-0.2, 0) is 24.2 Å². The highest BCUT2D eigenvalue weighted by Gasteiger charge is 2.19. The summed E-state index contributed by atoms with van der Waals surface area (Å²) in [6.07, 6.45) is 5.34. The molecule has 1 aliphatic carbocycles. The number of nitrogens with one attached hydrogen (secondary N) is 1. The summed E-state index contributed by atoms with van der Waals surface area (Å²) < 4.78 is 1.79. The molecule has 0 saturated carbocycles. The maximum Gasteiger partial charge on any atom is 0.246 e. The Hall–Kier alpha value is -2.10. The smallest absolute Gasteiger partial charge is 0.246 e. The Morgan fingerprint density at radius 1 is 1.30 bits per heavy atom. The Morgan fingerprint density at radius 2 is 2.00 bits per heavy atom. The second kappa shape index (κ2) is 6.19. The predicted molar refractivity (Wildman–Crippen MR) is 92.7 cm³/mol. The molecule has 122 valence electrons. The van der Waals surface area contributed by atoms with Gasteiger partial charge in [0.1, 0.15) is 6.54 Å².